The van der Waals surface area contributed by atoms with Gasteiger partial charge in [0, 0.05) is 18.7 Å². The van der Waals surface area contributed by atoms with Crippen LogP contribution < -0.4 is 4.90 Å². The van der Waals surface area contributed by atoms with Gasteiger partial charge in [0.1, 0.15) is 0 Å². The normalized spacial score (nSPS) is 15.5. The summed E-state index contributed by atoms with van der Waals surface area (Å²) in [5.74, 6) is 0. The van der Waals surface area contributed by atoms with Gasteiger partial charge in [0.25, 0.3) is 0 Å². The molecule has 2 aromatic rings. The van der Waals surface area contributed by atoms with E-state index < -0.39 is 4.83 Å². The zero-order valence-electron chi connectivity index (χ0n) is 11.5. The molecule has 1 nitrogen and oxygen atoms in total. The smallest absolute Gasteiger partial charge is 0.328 e. The molecule has 4 heteroatoms. The number of halogens is 3. The second-order valence-corrected chi connectivity index (χ2v) is 6.26. The SMILES string of the molecule is FC(F)(Br)c1cccc(-c2ccccc2)c1N1CCCC1. The molecule has 0 radical (unpaired) electrons. The minimum absolute atomic E-state index is 0.0470. The highest BCUT2D eigenvalue weighted by Gasteiger charge is 2.34. The largest absolute Gasteiger partial charge is 0.371 e. The van der Waals surface area contributed by atoms with E-state index in [9.17, 15) is 8.78 Å². The van der Waals surface area contributed by atoms with Crippen LogP contribution in [0.15, 0.2) is 48.5 Å². The van der Waals surface area contributed by atoms with Crippen molar-refractivity contribution in [3.8, 4) is 11.1 Å². The summed E-state index contributed by atoms with van der Waals surface area (Å²) in [4.78, 5) is -0.942. The minimum atomic E-state index is -3.02. The van der Waals surface area contributed by atoms with Gasteiger partial charge in [-0.15, -0.1) is 0 Å². The maximum Gasteiger partial charge on any atom is 0.328 e. The van der Waals surface area contributed by atoms with E-state index in [1.807, 2.05) is 36.4 Å². The number of alkyl halides is 3. The molecule has 0 aliphatic carbocycles. The second kappa shape index (κ2) is 5.76. The summed E-state index contributed by atoms with van der Waals surface area (Å²) < 4.78 is 27.9. The Morgan fingerprint density at radius 2 is 1.57 bits per heavy atom. The van der Waals surface area contributed by atoms with E-state index >= 15 is 0 Å². The summed E-state index contributed by atoms with van der Waals surface area (Å²) in [5, 5.41) is 0. The highest BCUT2D eigenvalue weighted by atomic mass is 79.9. The lowest BCUT2D eigenvalue weighted by molar-refractivity contribution is 0.115. The Morgan fingerprint density at radius 3 is 2.19 bits per heavy atom. The molecule has 110 valence electrons. The van der Waals surface area contributed by atoms with Gasteiger partial charge in [-0.3, -0.25) is 0 Å². The summed E-state index contributed by atoms with van der Waals surface area (Å²) in [6.07, 6.45) is 2.10. The van der Waals surface area contributed by atoms with E-state index in [0.717, 1.165) is 37.1 Å². The first-order valence-electron chi connectivity index (χ1n) is 7.08. The van der Waals surface area contributed by atoms with Crippen LogP contribution in [0.3, 0.4) is 0 Å². The van der Waals surface area contributed by atoms with Crippen molar-refractivity contribution in [3.63, 3.8) is 0 Å². The van der Waals surface area contributed by atoms with E-state index in [4.69, 9.17) is 0 Å². The lowest BCUT2D eigenvalue weighted by Gasteiger charge is -2.26. The topological polar surface area (TPSA) is 3.24 Å². The fourth-order valence-corrected chi connectivity index (χ4v) is 3.22. The van der Waals surface area contributed by atoms with Gasteiger partial charge in [-0.25, -0.2) is 0 Å². The van der Waals surface area contributed by atoms with Crippen molar-refractivity contribution in [2.75, 3.05) is 18.0 Å². The molecule has 21 heavy (non-hydrogen) atoms. The molecule has 1 fully saturated rings. The first kappa shape index (κ1) is 14.5. The molecule has 0 aromatic heterocycles. The van der Waals surface area contributed by atoms with E-state index in [1.54, 1.807) is 6.07 Å². The monoisotopic (exact) mass is 351 g/mol. The van der Waals surface area contributed by atoms with Crippen molar-refractivity contribution in [3.05, 3.63) is 54.1 Å². The Bertz CT molecular complexity index is 616. The van der Waals surface area contributed by atoms with Crippen LogP contribution in [-0.2, 0) is 4.83 Å². The number of rotatable bonds is 3. The molecule has 1 saturated heterocycles. The van der Waals surface area contributed by atoms with Crippen molar-refractivity contribution in [1.82, 2.24) is 0 Å². The summed E-state index contributed by atoms with van der Waals surface area (Å²) in [6, 6.07) is 14.9. The fourth-order valence-electron chi connectivity index (χ4n) is 2.90. The van der Waals surface area contributed by atoms with Crippen LogP contribution >= 0.6 is 15.9 Å². The van der Waals surface area contributed by atoms with Crippen molar-refractivity contribution in [2.24, 2.45) is 0 Å². The third kappa shape index (κ3) is 2.95. The summed E-state index contributed by atoms with van der Waals surface area (Å²) in [6.45, 7) is 1.67. The summed E-state index contributed by atoms with van der Waals surface area (Å²) in [7, 11) is 0. The predicted molar refractivity (Wildman–Crippen MR) is 86.1 cm³/mol. The van der Waals surface area contributed by atoms with Gasteiger partial charge < -0.3 is 4.90 Å². The lowest BCUT2D eigenvalue weighted by atomic mass is 9.99. The molecule has 0 atom stereocenters. The molecule has 0 unspecified atom stereocenters. The van der Waals surface area contributed by atoms with E-state index in [0.29, 0.717) is 5.69 Å². The van der Waals surface area contributed by atoms with Crippen molar-refractivity contribution in [1.29, 1.82) is 0 Å². The van der Waals surface area contributed by atoms with Crippen LogP contribution in [0.5, 0.6) is 0 Å². The highest BCUT2D eigenvalue weighted by Crippen LogP contribution is 2.45. The minimum Gasteiger partial charge on any atom is -0.371 e. The molecule has 1 aliphatic heterocycles. The Hall–Kier alpha value is -1.42. The Labute approximate surface area is 131 Å². The first-order valence-corrected chi connectivity index (χ1v) is 7.87. The zero-order chi connectivity index (χ0) is 14.9. The standard InChI is InChI=1S/C17H16BrF2N/c18-17(19,20)15-10-6-9-14(13-7-2-1-3-8-13)16(15)21-11-4-5-12-21/h1-3,6-10H,4-5,11-12H2. The lowest BCUT2D eigenvalue weighted by Crippen LogP contribution is -2.22. The number of hydrogen-bond acceptors (Lipinski definition) is 1. The average molecular weight is 352 g/mol. The molecule has 0 N–H and O–H groups in total. The van der Waals surface area contributed by atoms with Gasteiger partial charge in [-0.05, 0) is 40.4 Å². The third-order valence-corrected chi connectivity index (χ3v) is 4.28. The van der Waals surface area contributed by atoms with Gasteiger partial charge in [0.15, 0.2) is 0 Å². The van der Waals surface area contributed by atoms with Crippen molar-refractivity contribution < 1.29 is 8.78 Å². The summed E-state index contributed by atoms with van der Waals surface area (Å²) >= 11 is 2.53. The van der Waals surface area contributed by atoms with Gasteiger partial charge in [0.05, 0.1) is 11.3 Å². The second-order valence-electron chi connectivity index (χ2n) is 5.26. The number of benzene rings is 2. The van der Waals surface area contributed by atoms with Crippen LogP contribution in [0.4, 0.5) is 14.5 Å². The van der Waals surface area contributed by atoms with Crippen LogP contribution in [0, 0.1) is 0 Å². The van der Waals surface area contributed by atoms with E-state index in [2.05, 4.69) is 20.8 Å². The maximum atomic E-state index is 14.0. The van der Waals surface area contributed by atoms with Gasteiger partial charge in [-0.2, -0.15) is 8.78 Å². The first-order chi connectivity index (χ1) is 10.1. The molecule has 0 saturated carbocycles. The van der Waals surface area contributed by atoms with Crippen LogP contribution in [-0.4, -0.2) is 13.1 Å². The number of nitrogens with zero attached hydrogens (tertiary/aromatic N) is 1. The van der Waals surface area contributed by atoms with Crippen LogP contribution in [0.2, 0.25) is 0 Å². The molecular formula is C17H16BrF2N. The molecule has 0 amide bonds. The molecular weight excluding hydrogens is 336 g/mol. The predicted octanol–water partition coefficient (Wildman–Crippen LogP) is 5.40. The summed E-state index contributed by atoms with van der Waals surface area (Å²) in [5.41, 5.74) is 2.54. The van der Waals surface area contributed by atoms with E-state index in [-0.39, 0.29) is 5.56 Å². The fraction of sp³-hybridized carbons (Fsp3) is 0.294. The van der Waals surface area contributed by atoms with Crippen LogP contribution in [0.25, 0.3) is 11.1 Å². The van der Waals surface area contributed by atoms with Gasteiger partial charge in [0.2, 0.25) is 0 Å². The number of para-hydroxylation sites is 1. The highest BCUT2D eigenvalue weighted by molar-refractivity contribution is 9.09. The Balaban J connectivity index is 2.20. The quantitative estimate of drug-likeness (QED) is 0.669. The molecule has 0 bridgehead atoms. The van der Waals surface area contributed by atoms with Gasteiger partial charge >= 0.3 is 4.83 Å². The van der Waals surface area contributed by atoms with Crippen molar-refractivity contribution >= 4 is 21.6 Å². The number of anilines is 1. The molecule has 1 heterocycles. The zero-order valence-corrected chi connectivity index (χ0v) is 13.1. The Morgan fingerprint density at radius 1 is 0.905 bits per heavy atom. The number of hydrogen-bond donors (Lipinski definition) is 0. The average Bonchev–Trinajstić information content (AvgIpc) is 3.00. The Kier molecular flexibility index (Phi) is 3.98. The van der Waals surface area contributed by atoms with Crippen molar-refractivity contribution in [2.45, 2.75) is 17.7 Å². The van der Waals surface area contributed by atoms with Gasteiger partial charge in [-0.1, -0.05) is 42.5 Å². The molecule has 2 aromatic carbocycles. The molecule has 1 aliphatic rings. The molecule has 0 spiro atoms. The third-order valence-electron chi connectivity index (χ3n) is 3.85. The molecule has 3 rings (SSSR count). The van der Waals surface area contributed by atoms with E-state index in [1.165, 1.54) is 6.07 Å². The maximum absolute atomic E-state index is 14.0. The van der Waals surface area contributed by atoms with Crippen LogP contribution in [0.1, 0.15) is 18.4 Å².